The Morgan fingerprint density at radius 1 is 1.57 bits per heavy atom. The zero-order valence-electron chi connectivity index (χ0n) is 12.2. The van der Waals surface area contributed by atoms with Gasteiger partial charge in [0, 0.05) is 6.21 Å². The van der Waals surface area contributed by atoms with Crippen molar-refractivity contribution in [1.82, 2.24) is 0 Å². The first-order valence-electron chi connectivity index (χ1n) is 6.46. The number of carbonyl (C=O) groups excluding carboxylic acids is 1. The van der Waals surface area contributed by atoms with Crippen LogP contribution >= 0.6 is 15.9 Å². The number of carbonyl (C=O) groups is 1. The van der Waals surface area contributed by atoms with E-state index in [4.69, 9.17) is 14.7 Å². The largest absolute Gasteiger partial charge is 0.496 e. The summed E-state index contributed by atoms with van der Waals surface area (Å²) in [6, 6.07) is 7.30. The molecule has 0 saturated heterocycles. The van der Waals surface area contributed by atoms with Crippen LogP contribution in [-0.4, -0.2) is 25.9 Å². The third-order valence-corrected chi connectivity index (χ3v) is 3.42. The standard InChI is InChI=1S/C15H17BrN2O3/c1-4-21-15(19)12(8-17)9-18-10(2)11-5-6-14(20-3)13(16)7-11/h5-7,9-10,12H,4H2,1-3H3/t10-,12-/m0/s1. The molecule has 0 unspecified atom stereocenters. The molecule has 0 N–H and O–H groups in total. The summed E-state index contributed by atoms with van der Waals surface area (Å²) >= 11 is 3.41. The predicted octanol–water partition coefficient (Wildman–Crippen LogP) is 3.29. The molecule has 0 aliphatic carbocycles. The van der Waals surface area contributed by atoms with Gasteiger partial charge in [0.1, 0.15) is 5.75 Å². The molecule has 112 valence electrons. The molecule has 0 bridgehead atoms. The molecule has 0 aromatic heterocycles. The van der Waals surface area contributed by atoms with Crippen molar-refractivity contribution in [1.29, 1.82) is 5.26 Å². The SMILES string of the molecule is CCOC(=O)[C@@H](C#N)C=N[C@@H](C)c1ccc(OC)c(Br)c1. The van der Waals surface area contributed by atoms with Gasteiger partial charge in [0.05, 0.1) is 30.3 Å². The van der Waals surface area contributed by atoms with Crippen LogP contribution in [0.1, 0.15) is 25.5 Å². The fourth-order valence-electron chi connectivity index (χ4n) is 1.62. The summed E-state index contributed by atoms with van der Waals surface area (Å²) in [6.45, 7) is 3.82. The minimum Gasteiger partial charge on any atom is -0.496 e. The number of benzene rings is 1. The molecule has 0 saturated carbocycles. The molecular weight excluding hydrogens is 336 g/mol. The van der Waals surface area contributed by atoms with E-state index in [0.717, 1.165) is 15.8 Å². The maximum atomic E-state index is 11.5. The van der Waals surface area contributed by atoms with Crippen molar-refractivity contribution in [3.8, 4) is 11.8 Å². The van der Waals surface area contributed by atoms with Gasteiger partial charge in [-0.1, -0.05) is 6.07 Å². The number of aliphatic imine (C=N–C) groups is 1. The van der Waals surface area contributed by atoms with Crippen LogP contribution in [0.25, 0.3) is 0 Å². The van der Waals surface area contributed by atoms with Crippen molar-refractivity contribution >= 4 is 28.1 Å². The number of ether oxygens (including phenoxy) is 2. The Bertz CT molecular complexity index is 567. The predicted molar refractivity (Wildman–Crippen MR) is 83.3 cm³/mol. The molecule has 21 heavy (non-hydrogen) atoms. The average Bonchev–Trinajstić information content (AvgIpc) is 2.47. The summed E-state index contributed by atoms with van der Waals surface area (Å²) in [6.07, 6.45) is 1.33. The van der Waals surface area contributed by atoms with Gasteiger partial charge in [0.15, 0.2) is 5.92 Å². The normalized spacial score (nSPS) is 13.5. The van der Waals surface area contributed by atoms with E-state index in [0.29, 0.717) is 0 Å². The molecule has 0 amide bonds. The summed E-state index contributed by atoms with van der Waals surface area (Å²) in [4.78, 5) is 15.8. The number of halogens is 1. The van der Waals surface area contributed by atoms with Gasteiger partial charge >= 0.3 is 5.97 Å². The first-order valence-corrected chi connectivity index (χ1v) is 7.25. The Hall–Kier alpha value is -1.87. The lowest BCUT2D eigenvalue weighted by atomic mass is 10.1. The summed E-state index contributed by atoms with van der Waals surface area (Å²) in [5.41, 5.74) is 0.944. The number of rotatable bonds is 6. The van der Waals surface area contributed by atoms with Crippen molar-refractivity contribution in [2.45, 2.75) is 19.9 Å². The number of esters is 1. The van der Waals surface area contributed by atoms with Crippen LogP contribution in [0.2, 0.25) is 0 Å². The van der Waals surface area contributed by atoms with Crippen LogP contribution in [-0.2, 0) is 9.53 Å². The van der Waals surface area contributed by atoms with Gasteiger partial charge in [0.25, 0.3) is 0 Å². The molecule has 1 rings (SSSR count). The Labute approximate surface area is 132 Å². The van der Waals surface area contributed by atoms with Gasteiger partial charge in [0.2, 0.25) is 0 Å². The third-order valence-electron chi connectivity index (χ3n) is 2.80. The summed E-state index contributed by atoms with van der Waals surface area (Å²) in [7, 11) is 1.60. The van der Waals surface area contributed by atoms with Crippen molar-refractivity contribution in [3.05, 3.63) is 28.2 Å². The van der Waals surface area contributed by atoms with E-state index in [9.17, 15) is 4.79 Å². The Morgan fingerprint density at radius 3 is 2.81 bits per heavy atom. The highest BCUT2D eigenvalue weighted by Crippen LogP contribution is 2.29. The highest BCUT2D eigenvalue weighted by molar-refractivity contribution is 9.10. The topological polar surface area (TPSA) is 71.7 Å². The fourth-order valence-corrected chi connectivity index (χ4v) is 2.18. The molecule has 0 heterocycles. The Balaban J connectivity index is 2.82. The van der Waals surface area contributed by atoms with E-state index in [1.165, 1.54) is 6.21 Å². The molecule has 5 nitrogen and oxygen atoms in total. The monoisotopic (exact) mass is 352 g/mol. The number of nitriles is 1. The maximum absolute atomic E-state index is 11.5. The number of methoxy groups -OCH3 is 1. The van der Waals surface area contributed by atoms with Crippen molar-refractivity contribution in [2.24, 2.45) is 10.9 Å². The molecule has 0 spiro atoms. The van der Waals surface area contributed by atoms with Gasteiger partial charge in [-0.3, -0.25) is 9.79 Å². The lowest BCUT2D eigenvalue weighted by Gasteiger charge is -2.10. The molecule has 0 fully saturated rings. The maximum Gasteiger partial charge on any atom is 0.328 e. The highest BCUT2D eigenvalue weighted by Gasteiger charge is 2.17. The molecule has 0 radical (unpaired) electrons. The number of hydrogen-bond donors (Lipinski definition) is 0. The Kier molecular flexibility index (Phi) is 6.89. The van der Waals surface area contributed by atoms with Gasteiger partial charge in [-0.25, -0.2) is 0 Å². The van der Waals surface area contributed by atoms with E-state index in [-0.39, 0.29) is 12.6 Å². The van der Waals surface area contributed by atoms with Crippen molar-refractivity contribution in [2.75, 3.05) is 13.7 Å². The molecule has 1 aromatic rings. The van der Waals surface area contributed by atoms with E-state index in [2.05, 4.69) is 20.9 Å². The molecule has 6 heteroatoms. The van der Waals surface area contributed by atoms with Crippen LogP contribution in [0.15, 0.2) is 27.7 Å². The van der Waals surface area contributed by atoms with Gasteiger partial charge in [-0.15, -0.1) is 0 Å². The second-order valence-corrected chi connectivity index (χ2v) is 5.08. The molecule has 1 aromatic carbocycles. The van der Waals surface area contributed by atoms with Crippen molar-refractivity contribution < 1.29 is 14.3 Å². The van der Waals surface area contributed by atoms with E-state index >= 15 is 0 Å². The van der Waals surface area contributed by atoms with Gasteiger partial charge in [-0.05, 0) is 47.5 Å². The van der Waals surface area contributed by atoms with E-state index < -0.39 is 11.9 Å². The zero-order chi connectivity index (χ0) is 15.8. The van der Waals surface area contributed by atoms with Crippen LogP contribution < -0.4 is 4.74 Å². The number of nitrogens with zero attached hydrogens (tertiary/aromatic N) is 2. The minimum atomic E-state index is -0.978. The molecule has 2 atom stereocenters. The fraction of sp³-hybridized carbons (Fsp3) is 0.400. The molecule has 0 aliphatic rings. The van der Waals surface area contributed by atoms with Crippen LogP contribution in [0.3, 0.4) is 0 Å². The average molecular weight is 353 g/mol. The van der Waals surface area contributed by atoms with Crippen LogP contribution in [0.4, 0.5) is 0 Å². The van der Waals surface area contributed by atoms with Crippen LogP contribution in [0, 0.1) is 17.2 Å². The smallest absolute Gasteiger partial charge is 0.328 e. The zero-order valence-corrected chi connectivity index (χ0v) is 13.8. The van der Waals surface area contributed by atoms with Gasteiger partial charge < -0.3 is 9.47 Å². The van der Waals surface area contributed by atoms with Crippen molar-refractivity contribution in [3.63, 3.8) is 0 Å². The summed E-state index contributed by atoms with van der Waals surface area (Å²) < 4.78 is 10.8. The second-order valence-electron chi connectivity index (χ2n) is 4.23. The quantitative estimate of drug-likeness (QED) is 0.581. The summed E-state index contributed by atoms with van der Waals surface area (Å²) in [5.74, 6) is -0.822. The lowest BCUT2D eigenvalue weighted by Crippen LogP contribution is -2.17. The van der Waals surface area contributed by atoms with E-state index in [1.54, 1.807) is 14.0 Å². The first-order chi connectivity index (χ1) is 10.0. The first kappa shape index (κ1) is 17.2. The third kappa shape index (κ3) is 4.87. The van der Waals surface area contributed by atoms with Gasteiger partial charge in [-0.2, -0.15) is 5.26 Å². The van der Waals surface area contributed by atoms with E-state index in [1.807, 2.05) is 31.2 Å². The second kappa shape index (κ2) is 8.42. The number of hydrogen-bond acceptors (Lipinski definition) is 5. The Morgan fingerprint density at radius 2 is 2.29 bits per heavy atom. The molecular formula is C15H17BrN2O3. The minimum absolute atomic E-state index is 0.183. The highest BCUT2D eigenvalue weighted by atomic mass is 79.9. The summed E-state index contributed by atoms with van der Waals surface area (Å²) in [5, 5.41) is 8.95. The molecule has 0 aliphatic heterocycles. The van der Waals surface area contributed by atoms with Crippen LogP contribution in [0.5, 0.6) is 5.75 Å². The lowest BCUT2D eigenvalue weighted by molar-refractivity contribution is -0.143.